The number of ether oxygens (including phenoxy) is 1. The maximum atomic E-state index is 13.5. The molecule has 0 radical (unpaired) electrons. The molecule has 18 heavy (non-hydrogen) atoms. The number of rotatable bonds is 4. The van der Waals surface area contributed by atoms with Crippen molar-refractivity contribution in [3.05, 3.63) is 41.3 Å². The van der Waals surface area contributed by atoms with Gasteiger partial charge in [-0.25, -0.2) is 4.39 Å². The molecule has 1 atom stereocenters. The van der Waals surface area contributed by atoms with Gasteiger partial charge >= 0.3 is 0 Å². The van der Waals surface area contributed by atoms with Crippen molar-refractivity contribution in [2.75, 3.05) is 0 Å². The van der Waals surface area contributed by atoms with E-state index in [0.717, 1.165) is 0 Å². The lowest BCUT2D eigenvalue weighted by molar-refractivity contribution is 0.193. The highest BCUT2D eigenvalue weighted by Gasteiger charge is 2.10. The Labute approximate surface area is 103 Å². The Morgan fingerprint density at radius 1 is 1.50 bits per heavy atom. The van der Waals surface area contributed by atoms with Crippen molar-refractivity contribution in [3.63, 3.8) is 0 Å². The zero-order valence-electron chi connectivity index (χ0n) is 10.1. The van der Waals surface area contributed by atoms with E-state index in [-0.39, 0.29) is 12.2 Å². The SMILES string of the molecule is Cc1noc(COc2ccc([C@@H](C)O)c(F)c2)n1. The second-order valence-corrected chi connectivity index (χ2v) is 3.88. The number of benzene rings is 1. The van der Waals surface area contributed by atoms with Crippen molar-refractivity contribution < 1.29 is 18.8 Å². The lowest BCUT2D eigenvalue weighted by Gasteiger charge is -2.08. The number of halogens is 1. The van der Waals surface area contributed by atoms with Gasteiger partial charge in [0.15, 0.2) is 12.4 Å². The summed E-state index contributed by atoms with van der Waals surface area (Å²) in [6.07, 6.45) is -0.849. The number of aliphatic hydroxyl groups is 1. The molecular weight excluding hydrogens is 239 g/mol. The van der Waals surface area contributed by atoms with E-state index in [0.29, 0.717) is 17.5 Å². The number of hydrogen-bond donors (Lipinski definition) is 1. The molecule has 1 aromatic heterocycles. The molecule has 2 aromatic rings. The molecule has 2 rings (SSSR count). The first-order chi connectivity index (χ1) is 8.56. The summed E-state index contributed by atoms with van der Waals surface area (Å²) in [4.78, 5) is 3.96. The predicted octanol–water partition coefficient (Wildman–Crippen LogP) is 2.15. The predicted molar refractivity (Wildman–Crippen MR) is 60.4 cm³/mol. The van der Waals surface area contributed by atoms with Crippen molar-refractivity contribution in [3.8, 4) is 5.75 Å². The minimum absolute atomic E-state index is 0.0777. The highest BCUT2D eigenvalue weighted by Crippen LogP contribution is 2.22. The first-order valence-corrected chi connectivity index (χ1v) is 5.46. The van der Waals surface area contributed by atoms with Gasteiger partial charge in [0, 0.05) is 11.6 Å². The summed E-state index contributed by atoms with van der Waals surface area (Å²) in [5, 5.41) is 12.9. The Bertz CT molecular complexity index is 540. The van der Waals surface area contributed by atoms with Gasteiger partial charge in [0.1, 0.15) is 11.6 Å². The van der Waals surface area contributed by atoms with Gasteiger partial charge in [0.2, 0.25) is 0 Å². The van der Waals surface area contributed by atoms with Crippen LogP contribution in [0.2, 0.25) is 0 Å². The third kappa shape index (κ3) is 2.84. The highest BCUT2D eigenvalue weighted by molar-refractivity contribution is 5.30. The van der Waals surface area contributed by atoms with E-state index in [2.05, 4.69) is 10.1 Å². The summed E-state index contributed by atoms with van der Waals surface area (Å²) in [6, 6.07) is 4.27. The molecule has 6 heteroatoms. The topological polar surface area (TPSA) is 68.4 Å². The number of aryl methyl sites for hydroxylation is 1. The molecule has 0 saturated carbocycles. The third-order valence-electron chi connectivity index (χ3n) is 2.35. The monoisotopic (exact) mass is 252 g/mol. The van der Waals surface area contributed by atoms with Crippen LogP contribution < -0.4 is 4.74 Å². The van der Waals surface area contributed by atoms with Crippen molar-refractivity contribution in [1.82, 2.24) is 10.1 Å². The maximum absolute atomic E-state index is 13.5. The average molecular weight is 252 g/mol. The minimum atomic E-state index is -0.849. The minimum Gasteiger partial charge on any atom is -0.484 e. The number of hydrogen-bond acceptors (Lipinski definition) is 5. The van der Waals surface area contributed by atoms with Crippen molar-refractivity contribution in [2.24, 2.45) is 0 Å². The molecule has 0 amide bonds. The molecule has 96 valence electrons. The van der Waals surface area contributed by atoms with Crippen LogP contribution in [0.3, 0.4) is 0 Å². The van der Waals surface area contributed by atoms with E-state index < -0.39 is 11.9 Å². The summed E-state index contributed by atoms with van der Waals surface area (Å²) in [7, 11) is 0. The van der Waals surface area contributed by atoms with Gasteiger partial charge in [-0.3, -0.25) is 0 Å². The molecular formula is C12H13FN2O3. The van der Waals surface area contributed by atoms with Crippen LogP contribution in [-0.4, -0.2) is 15.2 Å². The summed E-state index contributed by atoms with van der Waals surface area (Å²) in [6.45, 7) is 3.28. The van der Waals surface area contributed by atoms with Gasteiger partial charge in [-0.1, -0.05) is 5.16 Å². The van der Waals surface area contributed by atoms with Crippen molar-refractivity contribution >= 4 is 0 Å². The lowest BCUT2D eigenvalue weighted by Crippen LogP contribution is -1.99. The Hall–Kier alpha value is -1.95. The largest absolute Gasteiger partial charge is 0.484 e. The van der Waals surface area contributed by atoms with Gasteiger partial charge in [-0.2, -0.15) is 4.98 Å². The summed E-state index contributed by atoms with van der Waals surface area (Å²) < 4.78 is 23.7. The number of aromatic nitrogens is 2. The fraction of sp³-hybridized carbons (Fsp3) is 0.333. The Balaban J connectivity index is 2.04. The average Bonchev–Trinajstić information content (AvgIpc) is 2.72. The normalized spacial score (nSPS) is 12.4. The Morgan fingerprint density at radius 2 is 2.28 bits per heavy atom. The van der Waals surface area contributed by atoms with E-state index in [9.17, 15) is 9.50 Å². The second-order valence-electron chi connectivity index (χ2n) is 3.88. The summed E-state index contributed by atoms with van der Waals surface area (Å²) >= 11 is 0. The number of nitrogens with zero attached hydrogens (tertiary/aromatic N) is 2. The van der Waals surface area contributed by atoms with Crippen LogP contribution in [0, 0.1) is 12.7 Å². The first-order valence-electron chi connectivity index (χ1n) is 5.46. The zero-order valence-corrected chi connectivity index (χ0v) is 10.1. The standard InChI is InChI=1S/C12H13FN2O3/c1-7(16)10-4-3-9(5-11(10)13)17-6-12-14-8(2)15-18-12/h3-5,7,16H,6H2,1-2H3/t7-/m1/s1. The first kappa shape index (κ1) is 12.5. The third-order valence-corrected chi connectivity index (χ3v) is 2.35. The smallest absolute Gasteiger partial charge is 0.264 e. The van der Waals surface area contributed by atoms with E-state index in [1.807, 2.05) is 0 Å². The van der Waals surface area contributed by atoms with E-state index >= 15 is 0 Å². The fourth-order valence-electron chi connectivity index (χ4n) is 1.48. The molecule has 5 nitrogen and oxygen atoms in total. The molecule has 1 aromatic carbocycles. The molecule has 0 aliphatic rings. The van der Waals surface area contributed by atoms with Gasteiger partial charge in [-0.05, 0) is 26.0 Å². The Morgan fingerprint density at radius 3 is 2.83 bits per heavy atom. The van der Waals surface area contributed by atoms with E-state index in [1.54, 1.807) is 13.0 Å². The van der Waals surface area contributed by atoms with E-state index in [1.165, 1.54) is 19.1 Å². The van der Waals surface area contributed by atoms with Crippen molar-refractivity contribution in [2.45, 2.75) is 26.6 Å². The fourth-order valence-corrected chi connectivity index (χ4v) is 1.48. The van der Waals surface area contributed by atoms with Crippen LogP contribution >= 0.6 is 0 Å². The Kier molecular flexibility index (Phi) is 3.57. The van der Waals surface area contributed by atoms with Crippen LogP contribution in [-0.2, 0) is 6.61 Å². The highest BCUT2D eigenvalue weighted by atomic mass is 19.1. The second kappa shape index (κ2) is 5.14. The van der Waals surface area contributed by atoms with Gasteiger partial charge in [-0.15, -0.1) is 0 Å². The molecule has 0 aliphatic heterocycles. The summed E-state index contributed by atoms with van der Waals surface area (Å²) in [5.74, 6) is 0.675. The van der Waals surface area contributed by atoms with Crippen LogP contribution in [0.15, 0.2) is 22.7 Å². The quantitative estimate of drug-likeness (QED) is 0.902. The molecule has 1 N–H and O–H groups in total. The summed E-state index contributed by atoms with van der Waals surface area (Å²) in [5.41, 5.74) is 0.232. The van der Waals surface area contributed by atoms with E-state index in [4.69, 9.17) is 9.26 Å². The van der Waals surface area contributed by atoms with Gasteiger partial charge in [0.25, 0.3) is 5.89 Å². The van der Waals surface area contributed by atoms with Gasteiger partial charge in [0.05, 0.1) is 6.10 Å². The van der Waals surface area contributed by atoms with Gasteiger partial charge < -0.3 is 14.4 Å². The molecule has 1 heterocycles. The molecule has 0 saturated heterocycles. The molecule has 0 unspecified atom stereocenters. The zero-order chi connectivity index (χ0) is 13.1. The number of aliphatic hydroxyl groups excluding tert-OH is 1. The van der Waals surface area contributed by atoms with Crippen LogP contribution in [0.4, 0.5) is 4.39 Å². The van der Waals surface area contributed by atoms with Crippen molar-refractivity contribution in [1.29, 1.82) is 0 Å². The maximum Gasteiger partial charge on any atom is 0.264 e. The molecule has 0 aliphatic carbocycles. The van der Waals surface area contributed by atoms with Crippen LogP contribution in [0.5, 0.6) is 5.75 Å². The lowest BCUT2D eigenvalue weighted by atomic mass is 10.1. The molecule has 0 bridgehead atoms. The molecule has 0 fully saturated rings. The van der Waals surface area contributed by atoms with Crippen LogP contribution in [0.1, 0.15) is 30.3 Å². The molecule has 0 spiro atoms. The van der Waals surface area contributed by atoms with Crippen LogP contribution in [0.25, 0.3) is 0 Å².